The number of likely N-dealkylation sites (tertiary alicyclic amines) is 1. The van der Waals surface area contributed by atoms with Gasteiger partial charge in [0.2, 0.25) is 0 Å². The molecule has 2 aliphatic rings. The molecule has 0 bridgehead atoms. The van der Waals surface area contributed by atoms with Crippen molar-refractivity contribution in [1.82, 2.24) is 20.1 Å². The zero-order valence-corrected chi connectivity index (χ0v) is 15.5. The van der Waals surface area contributed by atoms with E-state index in [4.69, 9.17) is 4.74 Å². The summed E-state index contributed by atoms with van der Waals surface area (Å²) in [4.78, 5) is 22.2. The number of carbonyl (C=O) groups is 1. The Morgan fingerprint density at radius 2 is 2.42 bits per heavy atom. The Labute approximate surface area is 148 Å². The van der Waals surface area contributed by atoms with Crippen LogP contribution in [-0.2, 0) is 11.3 Å². The van der Waals surface area contributed by atoms with E-state index in [-0.39, 0.29) is 12.1 Å². The molecular weight excluding hydrogens is 324 g/mol. The Balaban J connectivity index is 1.38. The number of aromatic nitrogens is 1. The van der Waals surface area contributed by atoms with Gasteiger partial charge in [-0.1, -0.05) is 0 Å². The number of ether oxygens (including phenoxy) is 1. The molecule has 134 valence electrons. The summed E-state index contributed by atoms with van der Waals surface area (Å²) < 4.78 is 5.56. The fourth-order valence-corrected chi connectivity index (χ4v) is 4.37. The molecule has 0 spiro atoms. The highest BCUT2D eigenvalue weighted by molar-refractivity contribution is 7.09. The van der Waals surface area contributed by atoms with Gasteiger partial charge in [0.25, 0.3) is 0 Å². The second-order valence-electron chi connectivity index (χ2n) is 6.98. The van der Waals surface area contributed by atoms with Crippen molar-refractivity contribution in [3.05, 3.63) is 16.1 Å². The predicted octanol–water partition coefficient (Wildman–Crippen LogP) is 2.09. The molecule has 24 heavy (non-hydrogen) atoms. The number of nitrogens with zero attached hydrogens (tertiary/aromatic N) is 3. The van der Waals surface area contributed by atoms with Crippen LogP contribution < -0.4 is 5.32 Å². The summed E-state index contributed by atoms with van der Waals surface area (Å²) in [5.74, 6) is 0.553. The van der Waals surface area contributed by atoms with Crippen LogP contribution in [0, 0.1) is 12.8 Å². The number of aryl methyl sites for hydroxylation is 1. The maximum atomic E-state index is 12.3. The number of hydrogen-bond acceptors (Lipinski definition) is 5. The van der Waals surface area contributed by atoms with Crippen molar-refractivity contribution < 1.29 is 9.53 Å². The third-order valence-electron chi connectivity index (χ3n) is 4.91. The Kier molecular flexibility index (Phi) is 6.08. The summed E-state index contributed by atoms with van der Waals surface area (Å²) in [6.45, 7) is 7.21. The first-order valence-electron chi connectivity index (χ1n) is 8.83. The zero-order valence-electron chi connectivity index (χ0n) is 14.7. The molecule has 2 atom stereocenters. The Morgan fingerprint density at radius 3 is 3.12 bits per heavy atom. The van der Waals surface area contributed by atoms with Crippen LogP contribution in [0.1, 0.15) is 29.8 Å². The average molecular weight is 353 g/mol. The fraction of sp³-hybridized carbons (Fsp3) is 0.765. The molecule has 2 fully saturated rings. The molecule has 0 saturated carbocycles. The van der Waals surface area contributed by atoms with Gasteiger partial charge in [-0.25, -0.2) is 9.78 Å². The molecule has 2 unspecified atom stereocenters. The van der Waals surface area contributed by atoms with Gasteiger partial charge in [0.1, 0.15) is 0 Å². The molecule has 3 rings (SSSR count). The van der Waals surface area contributed by atoms with Crippen LogP contribution in [-0.4, -0.2) is 66.8 Å². The Bertz CT molecular complexity index is 544. The Hall–Kier alpha value is -1.18. The van der Waals surface area contributed by atoms with Crippen molar-refractivity contribution in [1.29, 1.82) is 0 Å². The first-order chi connectivity index (χ1) is 11.6. The minimum Gasteiger partial charge on any atom is -0.376 e. The summed E-state index contributed by atoms with van der Waals surface area (Å²) in [6.07, 6.45) is 3.46. The van der Waals surface area contributed by atoms with Crippen molar-refractivity contribution in [3.8, 4) is 0 Å². The molecule has 7 heteroatoms. The highest BCUT2D eigenvalue weighted by Crippen LogP contribution is 2.20. The molecule has 0 radical (unpaired) electrons. The van der Waals surface area contributed by atoms with Crippen molar-refractivity contribution in [3.63, 3.8) is 0 Å². The van der Waals surface area contributed by atoms with Crippen LogP contribution in [0.2, 0.25) is 0 Å². The maximum absolute atomic E-state index is 12.3. The van der Waals surface area contributed by atoms with Gasteiger partial charge < -0.3 is 19.9 Å². The topological polar surface area (TPSA) is 57.7 Å². The number of urea groups is 1. The third-order valence-corrected chi connectivity index (χ3v) is 5.83. The van der Waals surface area contributed by atoms with E-state index in [0.717, 1.165) is 57.7 Å². The smallest absolute Gasteiger partial charge is 0.317 e. The van der Waals surface area contributed by atoms with E-state index in [9.17, 15) is 4.79 Å². The minimum atomic E-state index is 0.0638. The van der Waals surface area contributed by atoms with Crippen LogP contribution in [0.5, 0.6) is 0 Å². The number of rotatable bonds is 6. The molecule has 2 saturated heterocycles. The van der Waals surface area contributed by atoms with E-state index in [2.05, 4.69) is 29.2 Å². The molecule has 1 aromatic heterocycles. The Morgan fingerprint density at radius 1 is 1.54 bits per heavy atom. The molecule has 0 aromatic carbocycles. The average Bonchev–Trinajstić information content (AvgIpc) is 3.28. The van der Waals surface area contributed by atoms with Gasteiger partial charge >= 0.3 is 6.03 Å². The summed E-state index contributed by atoms with van der Waals surface area (Å²) in [6, 6.07) is 0.0638. The fourth-order valence-electron chi connectivity index (χ4n) is 3.51. The first kappa shape index (κ1) is 17.6. The van der Waals surface area contributed by atoms with E-state index in [0.29, 0.717) is 12.5 Å². The summed E-state index contributed by atoms with van der Waals surface area (Å²) in [5.41, 5.74) is 3.04. The lowest BCUT2D eigenvalue weighted by molar-refractivity contribution is 0.109. The standard InChI is InChI=1S/C17H28N4O2S/c1-13-16(24-12-19-13)11-20(2)9-14-5-6-21(10-14)17(22)18-8-15-4-3-7-23-15/h12,14-15H,3-11H2,1-2H3,(H,18,22). The van der Waals surface area contributed by atoms with Crippen LogP contribution in [0.4, 0.5) is 4.79 Å². The number of hydrogen-bond donors (Lipinski definition) is 1. The summed E-state index contributed by atoms with van der Waals surface area (Å²) >= 11 is 1.72. The highest BCUT2D eigenvalue weighted by atomic mass is 32.1. The number of amides is 2. The van der Waals surface area contributed by atoms with Crippen molar-refractivity contribution in [2.75, 3.05) is 39.8 Å². The van der Waals surface area contributed by atoms with Crippen LogP contribution in [0.15, 0.2) is 5.51 Å². The van der Waals surface area contributed by atoms with Gasteiger partial charge in [0, 0.05) is 44.2 Å². The molecule has 2 aliphatic heterocycles. The van der Waals surface area contributed by atoms with Crippen LogP contribution in [0.25, 0.3) is 0 Å². The predicted molar refractivity (Wildman–Crippen MR) is 95.2 cm³/mol. The lowest BCUT2D eigenvalue weighted by Crippen LogP contribution is -2.42. The van der Waals surface area contributed by atoms with E-state index >= 15 is 0 Å². The molecule has 2 amide bonds. The van der Waals surface area contributed by atoms with E-state index in [1.165, 1.54) is 4.88 Å². The number of carbonyl (C=O) groups excluding carboxylic acids is 1. The van der Waals surface area contributed by atoms with E-state index in [1.807, 2.05) is 10.4 Å². The van der Waals surface area contributed by atoms with Gasteiger partial charge in [-0.2, -0.15) is 0 Å². The first-order valence-corrected chi connectivity index (χ1v) is 9.71. The summed E-state index contributed by atoms with van der Waals surface area (Å²) in [7, 11) is 2.15. The zero-order chi connectivity index (χ0) is 16.9. The monoisotopic (exact) mass is 352 g/mol. The van der Waals surface area contributed by atoms with Gasteiger partial charge in [0.05, 0.1) is 17.3 Å². The molecular formula is C17H28N4O2S. The van der Waals surface area contributed by atoms with Crippen LogP contribution >= 0.6 is 11.3 Å². The van der Waals surface area contributed by atoms with E-state index < -0.39 is 0 Å². The van der Waals surface area contributed by atoms with Crippen molar-refractivity contribution >= 4 is 17.4 Å². The molecule has 3 heterocycles. The minimum absolute atomic E-state index is 0.0638. The molecule has 6 nitrogen and oxygen atoms in total. The van der Waals surface area contributed by atoms with Crippen LogP contribution in [0.3, 0.4) is 0 Å². The third kappa shape index (κ3) is 4.68. The van der Waals surface area contributed by atoms with Gasteiger partial charge in [-0.15, -0.1) is 11.3 Å². The molecule has 1 aromatic rings. The molecule has 1 N–H and O–H groups in total. The second kappa shape index (κ2) is 8.27. The van der Waals surface area contributed by atoms with Gasteiger partial charge in [0.15, 0.2) is 0 Å². The summed E-state index contributed by atoms with van der Waals surface area (Å²) in [5, 5.41) is 3.03. The van der Waals surface area contributed by atoms with Gasteiger partial charge in [-0.3, -0.25) is 0 Å². The lowest BCUT2D eigenvalue weighted by atomic mass is 10.1. The SMILES string of the molecule is Cc1ncsc1CN(C)CC1CCN(C(=O)NCC2CCCO2)C1. The molecule has 0 aliphatic carbocycles. The number of nitrogens with one attached hydrogen (secondary N) is 1. The largest absolute Gasteiger partial charge is 0.376 e. The maximum Gasteiger partial charge on any atom is 0.317 e. The highest BCUT2D eigenvalue weighted by Gasteiger charge is 2.27. The van der Waals surface area contributed by atoms with E-state index in [1.54, 1.807) is 11.3 Å². The van der Waals surface area contributed by atoms with Crippen molar-refractivity contribution in [2.24, 2.45) is 5.92 Å². The normalized spacial score (nSPS) is 24.0. The quantitative estimate of drug-likeness (QED) is 0.852. The van der Waals surface area contributed by atoms with Crippen molar-refractivity contribution in [2.45, 2.75) is 38.8 Å². The lowest BCUT2D eigenvalue weighted by Gasteiger charge is -2.22. The number of thiazole rings is 1. The van der Waals surface area contributed by atoms with Gasteiger partial charge in [-0.05, 0) is 39.2 Å². The second-order valence-corrected chi connectivity index (χ2v) is 7.92.